The van der Waals surface area contributed by atoms with Crippen LogP contribution in [-0.4, -0.2) is 33.7 Å². The van der Waals surface area contributed by atoms with Gasteiger partial charge in [-0.25, -0.2) is 4.98 Å². The highest BCUT2D eigenvalue weighted by molar-refractivity contribution is 6.07. The Hall–Kier alpha value is -2.70. The molecule has 7 heteroatoms. The minimum atomic E-state index is -0.773. The van der Waals surface area contributed by atoms with Crippen molar-refractivity contribution in [3.8, 4) is 0 Å². The molecule has 1 fully saturated rings. The van der Waals surface area contributed by atoms with Crippen molar-refractivity contribution in [1.82, 2.24) is 20.6 Å². The Bertz CT molecular complexity index is 750. The molecular weight excluding hydrogens is 272 g/mol. The van der Waals surface area contributed by atoms with Crippen LogP contribution in [0.5, 0.6) is 0 Å². The van der Waals surface area contributed by atoms with E-state index in [1.165, 1.54) is 0 Å². The molecule has 3 amide bonds. The number of fused-ring (bicyclic) bond motifs is 1. The summed E-state index contributed by atoms with van der Waals surface area (Å²) in [7, 11) is 0. The third-order valence-corrected chi connectivity index (χ3v) is 3.37. The van der Waals surface area contributed by atoms with Gasteiger partial charge in [0.25, 0.3) is 0 Å². The van der Waals surface area contributed by atoms with E-state index >= 15 is 0 Å². The Morgan fingerprint density at radius 3 is 2.95 bits per heavy atom. The fourth-order valence-corrected chi connectivity index (χ4v) is 2.45. The molecule has 108 valence electrons. The summed E-state index contributed by atoms with van der Waals surface area (Å²) in [6.07, 6.45) is 0.107. The molecule has 1 saturated heterocycles. The normalized spacial score (nSPS) is 18.0. The lowest BCUT2D eigenvalue weighted by atomic mass is 10.1. The number of amides is 3. The molecule has 0 radical (unpaired) electrons. The summed E-state index contributed by atoms with van der Waals surface area (Å²) < 4.78 is 0. The highest BCUT2D eigenvalue weighted by Gasteiger charge is 2.31. The number of rotatable bonds is 3. The Morgan fingerprint density at radius 1 is 1.43 bits per heavy atom. The number of imide groups is 1. The van der Waals surface area contributed by atoms with Crippen LogP contribution in [0.3, 0.4) is 0 Å². The van der Waals surface area contributed by atoms with Crippen LogP contribution in [0, 0.1) is 6.92 Å². The maximum Gasteiger partial charge on any atom is 0.249 e. The minimum absolute atomic E-state index is 0.00368. The second kappa shape index (κ2) is 5.01. The maximum atomic E-state index is 12.0. The molecular formula is C14H14N4O3. The van der Waals surface area contributed by atoms with Crippen LogP contribution in [0.15, 0.2) is 18.2 Å². The lowest BCUT2D eigenvalue weighted by Gasteiger charge is -2.09. The number of imidazole rings is 1. The van der Waals surface area contributed by atoms with Crippen LogP contribution in [0.4, 0.5) is 0 Å². The number of benzene rings is 1. The molecule has 0 bridgehead atoms. The number of para-hydroxylation sites is 1. The minimum Gasteiger partial charge on any atom is -0.343 e. The number of nitrogens with one attached hydrogen (secondary N) is 3. The molecule has 0 saturated carbocycles. The van der Waals surface area contributed by atoms with E-state index in [0.29, 0.717) is 0 Å². The monoisotopic (exact) mass is 286 g/mol. The SMILES string of the molecule is Cc1nc2c(CC(=O)NC3CC(=O)NC3=O)cccc2[nH]1. The first-order chi connectivity index (χ1) is 10.0. The highest BCUT2D eigenvalue weighted by atomic mass is 16.2. The van der Waals surface area contributed by atoms with Crippen molar-refractivity contribution >= 4 is 28.8 Å². The van der Waals surface area contributed by atoms with E-state index in [9.17, 15) is 14.4 Å². The molecule has 1 aliphatic heterocycles. The van der Waals surface area contributed by atoms with Crippen molar-refractivity contribution in [2.24, 2.45) is 0 Å². The lowest BCUT2D eigenvalue weighted by Crippen LogP contribution is -2.40. The van der Waals surface area contributed by atoms with E-state index < -0.39 is 11.9 Å². The third kappa shape index (κ3) is 2.62. The Labute approximate surface area is 120 Å². The van der Waals surface area contributed by atoms with E-state index in [0.717, 1.165) is 22.4 Å². The van der Waals surface area contributed by atoms with Crippen LogP contribution in [0.2, 0.25) is 0 Å². The molecule has 1 aromatic carbocycles. The number of carbonyl (C=O) groups excluding carboxylic acids is 3. The van der Waals surface area contributed by atoms with Gasteiger partial charge in [-0.3, -0.25) is 19.7 Å². The van der Waals surface area contributed by atoms with Gasteiger partial charge in [-0.15, -0.1) is 0 Å². The van der Waals surface area contributed by atoms with Gasteiger partial charge >= 0.3 is 0 Å². The van der Waals surface area contributed by atoms with Gasteiger partial charge in [-0.1, -0.05) is 12.1 Å². The summed E-state index contributed by atoms with van der Waals surface area (Å²) in [4.78, 5) is 42.0. The third-order valence-electron chi connectivity index (χ3n) is 3.37. The Morgan fingerprint density at radius 2 is 2.24 bits per heavy atom. The predicted molar refractivity (Wildman–Crippen MR) is 74.2 cm³/mol. The van der Waals surface area contributed by atoms with Gasteiger partial charge in [0.05, 0.1) is 23.9 Å². The summed E-state index contributed by atoms with van der Waals surface area (Å²) in [5.41, 5.74) is 2.39. The number of hydrogen-bond donors (Lipinski definition) is 3. The van der Waals surface area contributed by atoms with Gasteiger partial charge in [0.15, 0.2) is 0 Å². The second-order valence-electron chi connectivity index (χ2n) is 5.05. The zero-order chi connectivity index (χ0) is 15.0. The van der Waals surface area contributed by atoms with Crippen LogP contribution < -0.4 is 10.6 Å². The fraction of sp³-hybridized carbons (Fsp3) is 0.286. The van der Waals surface area contributed by atoms with Gasteiger partial charge in [0.2, 0.25) is 17.7 Å². The smallest absolute Gasteiger partial charge is 0.249 e. The predicted octanol–water partition coefficient (Wildman–Crippen LogP) is -0.0549. The highest BCUT2D eigenvalue weighted by Crippen LogP contribution is 2.17. The zero-order valence-corrected chi connectivity index (χ0v) is 11.4. The molecule has 7 nitrogen and oxygen atoms in total. The van der Waals surface area contributed by atoms with Crippen LogP contribution >= 0.6 is 0 Å². The summed E-state index contributed by atoms with van der Waals surface area (Å²) in [5.74, 6) is -0.353. The molecule has 1 atom stereocenters. The topological polar surface area (TPSA) is 104 Å². The number of nitrogens with zero attached hydrogens (tertiary/aromatic N) is 1. The molecule has 1 unspecified atom stereocenters. The number of carbonyl (C=O) groups is 3. The number of aryl methyl sites for hydroxylation is 1. The average molecular weight is 286 g/mol. The van der Waals surface area contributed by atoms with Crippen molar-refractivity contribution < 1.29 is 14.4 Å². The maximum absolute atomic E-state index is 12.0. The van der Waals surface area contributed by atoms with Crippen LogP contribution in [0.1, 0.15) is 17.8 Å². The first-order valence-electron chi connectivity index (χ1n) is 6.60. The van der Waals surface area contributed by atoms with E-state index in [-0.39, 0.29) is 24.7 Å². The van der Waals surface area contributed by atoms with E-state index in [2.05, 4.69) is 20.6 Å². The van der Waals surface area contributed by atoms with E-state index in [4.69, 9.17) is 0 Å². The van der Waals surface area contributed by atoms with Gasteiger partial charge < -0.3 is 10.3 Å². The first kappa shape index (κ1) is 13.3. The molecule has 3 rings (SSSR count). The number of aromatic amines is 1. The molecule has 3 N–H and O–H groups in total. The molecule has 1 aliphatic rings. The standard InChI is InChI=1S/C14H14N4O3/c1-7-15-9-4-2-3-8(13(9)16-7)5-11(19)17-10-6-12(20)18-14(10)21/h2-4,10H,5-6H2,1H3,(H,15,16)(H,17,19)(H,18,20,21). The molecule has 2 aromatic rings. The van der Waals surface area contributed by atoms with Crippen molar-refractivity contribution in [3.63, 3.8) is 0 Å². The van der Waals surface area contributed by atoms with Crippen molar-refractivity contribution in [3.05, 3.63) is 29.6 Å². The van der Waals surface area contributed by atoms with Crippen molar-refractivity contribution in [2.45, 2.75) is 25.8 Å². The fourth-order valence-electron chi connectivity index (χ4n) is 2.45. The summed E-state index contributed by atoms with van der Waals surface area (Å²) in [6.45, 7) is 1.85. The molecule has 1 aromatic heterocycles. The number of H-pyrrole nitrogens is 1. The molecule has 0 spiro atoms. The van der Waals surface area contributed by atoms with E-state index in [1.54, 1.807) is 0 Å². The largest absolute Gasteiger partial charge is 0.343 e. The van der Waals surface area contributed by atoms with Gasteiger partial charge in [-0.2, -0.15) is 0 Å². The van der Waals surface area contributed by atoms with Gasteiger partial charge in [0.1, 0.15) is 11.9 Å². The number of hydrogen-bond acceptors (Lipinski definition) is 4. The van der Waals surface area contributed by atoms with Crippen LogP contribution in [0.25, 0.3) is 11.0 Å². The van der Waals surface area contributed by atoms with Crippen molar-refractivity contribution in [2.75, 3.05) is 0 Å². The van der Waals surface area contributed by atoms with Gasteiger partial charge in [-0.05, 0) is 18.6 Å². The lowest BCUT2D eigenvalue weighted by molar-refractivity contribution is -0.128. The Kier molecular flexibility index (Phi) is 3.17. The summed E-state index contributed by atoms with van der Waals surface area (Å²) >= 11 is 0. The van der Waals surface area contributed by atoms with Crippen molar-refractivity contribution in [1.29, 1.82) is 0 Å². The molecule has 21 heavy (non-hydrogen) atoms. The molecule has 0 aliphatic carbocycles. The van der Waals surface area contributed by atoms with E-state index in [1.807, 2.05) is 25.1 Å². The molecule has 2 heterocycles. The number of aromatic nitrogens is 2. The Balaban J connectivity index is 1.74. The second-order valence-corrected chi connectivity index (χ2v) is 5.05. The quantitative estimate of drug-likeness (QED) is 0.688. The first-order valence-corrected chi connectivity index (χ1v) is 6.60. The summed E-state index contributed by atoms with van der Waals surface area (Å²) in [5, 5.41) is 4.73. The van der Waals surface area contributed by atoms with Crippen LogP contribution in [-0.2, 0) is 20.8 Å². The summed E-state index contributed by atoms with van der Waals surface area (Å²) in [6, 6.07) is 4.78. The zero-order valence-electron chi connectivity index (χ0n) is 11.4. The van der Waals surface area contributed by atoms with Gasteiger partial charge in [0, 0.05) is 0 Å². The average Bonchev–Trinajstić information content (AvgIpc) is 2.92.